The summed E-state index contributed by atoms with van der Waals surface area (Å²) in [5, 5.41) is 11.9. The maximum absolute atomic E-state index is 13.0. The van der Waals surface area contributed by atoms with Crippen molar-refractivity contribution < 1.29 is 14.0 Å². The van der Waals surface area contributed by atoms with Gasteiger partial charge in [0.15, 0.2) is 0 Å². The van der Waals surface area contributed by atoms with Crippen LogP contribution in [0, 0.1) is 23.1 Å². The minimum Gasteiger partial charge on any atom is -0.349 e. The first kappa shape index (κ1) is 20.5. The summed E-state index contributed by atoms with van der Waals surface area (Å²) in [6, 6.07) is 14.9. The fourth-order valence-electron chi connectivity index (χ4n) is 3.57. The molecule has 2 unspecified atom stereocenters. The normalized spacial score (nSPS) is 17.3. The summed E-state index contributed by atoms with van der Waals surface area (Å²) in [5.41, 5.74) is 2.27. The number of halogens is 1. The Morgan fingerprint density at radius 2 is 1.90 bits per heavy atom. The van der Waals surface area contributed by atoms with Crippen molar-refractivity contribution in [3.05, 3.63) is 71.0 Å². The lowest BCUT2D eigenvalue weighted by Crippen LogP contribution is -2.46. The number of hydrogen-bond donors (Lipinski definition) is 1. The zero-order valence-corrected chi connectivity index (χ0v) is 16.4. The van der Waals surface area contributed by atoms with E-state index < -0.39 is 0 Å². The highest BCUT2D eigenvalue weighted by atomic mass is 19.1. The molecule has 2 aromatic rings. The Bertz CT molecular complexity index is 903. The van der Waals surface area contributed by atoms with Gasteiger partial charge in [-0.15, -0.1) is 0 Å². The third kappa shape index (κ3) is 5.41. The molecule has 1 heterocycles. The number of nitrogens with one attached hydrogen (secondary N) is 1. The van der Waals surface area contributed by atoms with E-state index in [4.69, 9.17) is 5.26 Å². The Hall–Kier alpha value is -3.20. The molecular weight excluding hydrogens is 369 g/mol. The van der Waals surface area contributed by atoms with Crippen LogP contribution in [0.15, 0.2) is 48.5 Å². The van der Waals surface area contributed by atoms with Crippen LogP contribution in [0.1, 0.15) is 42.5 Å². The highest BCUT2D eigenvalue weighted by Crippen LogP contribution is 2.20. The van der Waals surface area contributed by atoms with Crippen molar-refractivity contribution in [1.82, 2.24) is 10.2 Å². The molecule has 1 saturated heterocycles. The molecule has 0 spiro atoms. The summed E-state index contributed by atoms with van der Waals surface area (Å²) in [4.78, 5) is 27.1. The SMILES string of the molecule is CC(NC(=O)C1CCCN(C(=O)Cc2ccc(F)cc2)C1)c1ccc(C#N)cc1. The molecule has 1 aliphatic heterocycles. The Kier molecular flexibility index (Phi) is 6.61. The van der Waals surface area contributed by atoms with E-state index in [0.29, 0.717) is 18.7 Å². The lowest BCUT2D eigenvalue weighted by molar-refractivity contribution is -0.135. The number of hydrogen-bond acceptors (Lipinski definition) is 3. The number of piperidine rings is 1. The number of amides is 2. The second kappa shape index (κ2) is 9.33. The van der Waals surface area contributed by atoms with Crippen LogP contribution in [-0.2, 0) is 16.0 Å². The number of nitrogens with zero attached hydrogens (tertiary/aromatic N) is 2. The summed E-state index contributed by atoms with van der Waals surface area (Å²) in [6.07, 6.45) is 1.72. The van der Waals surface area contributed by atoms with Crippen LogP contribution < -0.4 is 5.32 Å². The minimum atomic E-state index is -0.327. The van der Waals surface area contributed by atoms with Gasteiger partial charge in [-0.2, -0.15) is 5.26 Å². The maximum atomic E-state index is 13.0. The number of benzene rings is 2. The third-order valence-electron chi connectivity index (χ3n) is 5.31. The van der Waals surface area contributed by atoms with Gasteiger partial charge in [-0.1, -0.05) is 24.3 Å². The van der Waals surface area contributed by atoms with E-state index in [2.05, 4.69) is 11.4 Å². The van der Waals surface area contributed by atoms with Gasteiger partial charge in [-0.25, -0.2) is 4.39 Å². The molecule has 2 aromatic carbocycles. The summed E-state index contributed by atoms with van der Waals surface area (Å²) in [6.45, 7) is 2.93. The molecule has 5 nitrogen and oxygen atoms in total. The van der Waals surface area contributed by atoms with E-state index in [0.717, 1.165) is 24.0 Å². The van der Waals surface area contributed by atoms with Crippen LogP contribution >= 0.6 is 0 Å². The number of carbonyl (C=O) groups excluding carboxylic acids is 2. The molecular formula is C23H24FN3O2. The molecule has 29 heavy (non-hydrogen) atoms. The molecule has 6 heteroatoms. The summed E-state index contributed by atoms with van der Waals surface area (Å²) >= 11 is 0. The van der Waals surface area contributed by atoms with Crippen LogP contribution in [0.3, 0.4) is 0 Å². The first-order valence-electron chi connectivity index (χ1n) is 9.79. The van der Waals surface area contributed by atoms with Crippen molar-refractivity contribution in [2.45, 2.75) is 32.2 Å². The highest BCUT2D eigenvalue weighted by molar-refractivity contribution is 5.82. The molecule has 2 atom stereocenters. The molecule has 150 valence electrons. The highest BCUT2D eigenvalue weighted by Gasteiger charge is 2.29. The van der Waals surface area contributed by atoms with Gasteiger partial charge in [0.05, 0.1) is 30.0 Å². The maximum Gasteiger partial charge on any atom is 0.227 e. The predicted octanol–water partition coefficient (Wildman–Crippen LogP) is 3.36. The lowest BCUT2D eigenvalue weighted by Gasteiger charge is -2.33. The Labute approximate surface area is 170 Å². The van der Waals surface area contributed by atoms with E-state index in [1.54, 1.807) is 29.2 Å². The van der Waals surface area contributed by atoms with Gasteiger partial charge in [-0.3, -0.25) is 9.59 Å². The average molecular weight is 393 g/mol. The van der Waals surface area contributed by atoms with Crippen molar-refractivity contribution in [3.8, 4) is 6.07 Å². The molecule has 0 aromatic heterocycles. The van der Waals surface area contributed by atoms with Gasteiger partial charge in [0.1, 0.15) is 5.82 Å². The van der Waals surface area contributed by atoms with Gasteiger partial charge in [0, 0.05) is 13.1 Å². The molecule has 1 fully saturated rings. The summed E-state index contributed by atoms with van der Waals surface area (Å²) in [7, 11) is 0. The average Bonchev–Trinajstić information content (AvgIpc) is 2.75. The number of carbonyl (C=O) groups is 2. The van der Waals surface area contributed by atoms with Gasteiger partial charge in [0.2, 0.25) is 11.8 Å². The van der Waals surface area contributed by atoms with Crippen LogP contribution in [-0.4, -0.2) is 29.8 Å². The summed E-state index contributed by atoms with van der Waals surface area (Å²) in [5.74, 6) is -0.690. The van der Waals surface area contributed by atoms with Crippen LogP contribution in [0.4, 0.5) is 4.39 Å². The zero-order valence-electron chi connectivity index (χ0n) is 16.4. The molecule has 0 radical (unpaired) electrons. The van der Waals surface area contributed by atoms with Crippen LogP contribution in [0.25, 0.3) is 0 Å². The van der Waals surface area contributed by atoms with Crippen molar-refractivity contribution in [2.75, 3.05) is 13.1 Å². The van der Waals surface area contributed by atoms with Crippen molar-refractivity contribution >= 4 is 11.8 Å². The standard InChI is InChI=1S/C23H24FN3O2/c1-16(19-8-4-18(14-25)5-9-19)26-23(29)20-3-2-12-27(15-20)22(28)13-17-6-10-21(24)11-7-17/h4-11,16,20H,2-3,12-13,15H2,1H3,(H,26,29). The molecule has 0 aliphatic carbocycles. The van der Waals surface area contributed by atoms with Gasteiger partial charge in [-0.05, 0) is 55.2 Å². The van der Waals surface area contributed by atoms with Crippen LogP contribution in [0.5, 0.6) is 0 Å². The quantitative estimate of drug-likeness (QED) is 0.847. The first-order chi connectivity index (χ1) is 14.0. The fraction of sp³-hybridized carbons (Fsp3) is 0.348. The van der Waals surface area contributed by atoms with E-state index in [1.165, 1.54) is 12.1 Å². The van der Waals surface area contributed by atoms with E-state index in [1.807, 2.05) is 19.1 Å². The van der Waals surface area contributed by atoms with Crippen molar-refractivity contribution in [3.63, 3.8) is 0 Å². The fourth-order valence-corrected chi connectivity index (χ4v) is 3.57. The second-order valence-corrected chi connectivity index (χ2v) is 7.45. The molecule has 0 bridgehead atoms. The third-order valence-corrected chi connectivity index (χ3v) is 5.31. The minimum absolute atomic E-state index is 0.0470. The number of rotatable bonds is 5. The Morgan fingerprint density at radius 3 is 2.55 bits per heavy atom. The predicted molar refractivity (Wildman–Crippen MR) is 107 cm³/mol. The molecule has 3 rings (SSSR count). The lowest BCUT2D eigenvalue weighted by atomic mass is 9.95. The molecule has 1 aliphatic rings. The van der Waals surface area contributed by atoms with Crippen molar-refractivity contribution in [2.24, 2.45) is 5.92 Å². The zero-order chi connectivity index (χ0) is 20.8. The van der Waals surface area contributed by atoms with Crippen LogP contribution in [0.2, 0.25) is 0 Å². The Balaban J connectivity index is 1.56. The number of likely N-dealkylation sites (tertiary alicyclic amines) is 1. The topological polar surface area (TPSA) is 73.2 Å². The Morgan fingerprint density at radius 1 is 1.21 bits per heavy atom. The summed E-state index contributed by atoms with van der Waals surface area (Å²) < 4.78 is 13.0. The molecule has 1 N–H and O–H groups in total. The first-order valence-corrected chi connectivity index (χ1v) is 9.79. The van der Waals surface area contributed by atoms with Gasteiger partial charge >= 0.3 is 0 Å². The van der Waals surface area contributed by atoms with Gasteiger partial charge in [0.25, 0.3) is 0 Å². The largest absolute Gasteiger partial charge is 0.349 e. The smallest absolute Gasteiger partial charge is 0.227 e. The van der Waals surface area contributed by atoms with E-state index in [-0.39, 0.29) is 36.0 Å². The van der Waals surface area contributed by atoms with Crippen molar-refractivity contribution in [1.29, 1.82) is 5.26 Å². The van der Waals surface area contributed by atoms with Gasteiger partial charge < -0.3 is 10.2 Å². The molecule has 2 amide bonds. The van der Waals surface area contributed by atoms with E-state index in [9.17, 15) is 14.0 Å². The van der Waals surface area contributed by atoms with E-state index >= 15 is 0 Å². The monoisotopic (exact) mass is 393 g/mol. The number of nitriles is 1. The second-order valence-electron chi connectivity index (χ2n) is 7.45. The molecule has 0 saturated carbocycles.